The van der Waals surface area contributed by atoms with Gasteiger partial charge in [0.15, 0.2) is 0 Å². The first-order valence-electron chi connectivity index (χ1n) is 8.43. The minimum absolute atomic E-state index is 0.920. The van der Waals surface area contributed by atoms with E-state index in [1.807, 2.05) is 47.0 Å². The number of halogens is 2. The number of rotatable bonds is 2. The molecule has 0 heterocycles. The number of ether oxygens (including phenoxy) is 2. The van der Waals surface area contributed by atoms with Crippen molar-refractivity contribution >= 4 is 42.3 Å². The van der Waals surface area contributed by atoms with Crippen molar-refractivity contribution in [3.63, 3.8) is 0 Å². The topological polar surface area (TPSA) is 18.5 Å². The van der Waals surface area contributed by atoms with Crippen molar-refractivity contribution in [1.82, 2.24) is 0 Å². The third-order valence-electron chi connectivity index (χ3n) is 3.91. The van der Waals surface area contributed by atoms with E-state index in [-0.39, 0.29) is 0 Å². The standard InChI is InChI=1S/2C10H9O.C2H4.2ClH.Zr/c2*1-11-10-6-5-8-3-2-4-9(8)7-10;1-2;;;/h2*2-7H,1H3;1H,2H3;2*1H;/q2*-1;;;;+2/p-2. The molecule has 0 aromatic heterocycles. The molecular formula is C22H22Cl2O2Zr-2. The Bertz CT molecular complexity index is 924. The SMILES string of the molecule is COc1ccc2[cH-]ccc2c1.COc1ccc2[cH-]ccc2c1.C[CH]=[Zr]([Cl])[Cl]. The first-order chi connectivity index (χ1) is 13.1. The predicted octanol–water partition coefficient (Wildman–Crippen LogP) is 6.87. The zero-order chi connectivity index (χ0) is 19.6. The maximum absolute atomic E-state index is 5.37. The molecule has 0 N–H and O–H groups in total. The van der Waals surface area contributed by atoms with Crippen molar-refractivity contribution in [1.29, 1.82) is 0 Å². The van der Waals surface area contributed by atoms with Crippen LogP contribution in [0.4, 0.5) is 0 Å². The Balaban J connectivity index is 0.000000157. The van der Waals surface area contributed by atoms with Crippen LogP contribution in [-0.4, -0.2) is 17.9 Å². The predicted molar refractivity (Wildman–Crippen MR) is 116 cm³/mol. The van der Waals surface area contributed by atoms with Gasteiger partial charge in [-0.15, -0.1) is 45.8 Å². The van der Waals surface area contributed by atoms with E-state index in [1.165, 1.54) is 21.5 Å². The summed E-state index contributed by atoms with van der Waals surface area (Å²) in [5.74, 6) is 1.84. The fraction of sp³-hybridized carbons (Fsp3) is 0.136. The Hall–Kier alpha value is -1.41. The fourth-order valence-electron chi connectivity index (χ4n) is 2.46. The molecule has 142 valence electrons. The monoisotopic (exact) mass is 478 g/mol. The van der Waals surface area contributed by atoms with E-state index < -0.39 is 18.9 Å². The Morgan fingerprint density at radius 3 is 1.52 bits per heavy atom. The Kier molecular flexibility index (Phi) is 9.27. The van der Waals surface area contributed by atoms with Crippen LogP contribution in [0.15, 0.2) is 72.8 Å². The summed E-state index contributed by atoms with van der Waals surface area (Å²) in [4.78, 5) is 0. The van der Waals surface area contributed by atoms with Gasteiger partial charge in [0.1, 0.15) is 0 Å². The summed E-state index contributed by atoms with van der Waals surface area (Å²) in [7, 11) is 14.1. The molecule has 0 fully saturated rings. The molecule has 5 heteroatoms. The number of fused-ring (bicyclic) bond motifs is 2. The third-order valence-corrected chi connectivity index (χ3v) is 7.56. The molecule has 0 atom stereocenters. The van der Waals surface area contributed by atoms with E-state index in [1.54, 1.807) is 14.2 Å². The Labute approximate surface area is 175 Å². The van der Waals surface area contributed by atoms with E-state index in [9.17, 15) is 0 Å². The van der Waals surface area contributed by atoms with Gasteiger partial charge in [-0.2, -0.15) is 24.3 Å². The molecule has 0 bridgehead atoms. The van der Waals surface area contributed by atoms with Gasteiger partial charge in [0, 0.05) is 0 Å². The second kappa shape index (κ2) is 11.4. The molecule has 27 heavy (non-hydrogen) atoms. The van der Waals surface area contributed by atoms with Gasteiger partial charge in [-0.1, -0.05) is 24.3 Å². The molecule has 0 saturated carbocycles. The summed E-state index contributed by atoms with van der Waals surface area (Å²) in [6.45, 7) is 1.90. The van der Waals surface area contributed by atoms with Crippen LogP contribution in [-0.2, 0) is 18.9 Å². The normalized spacial score (nSPS) is 9.67. The third kappa shape index (κ3) is 6.92. The van der Waals surface area contributed by atoms with Gasteiger partial charge in [0.05, 0.1) is 25.7 Å². The maximum atomic E-state index is 5.37. The van der Waals surface area contributed by atoms with Crippen LogP contribution in [0.25, 0.3) is 21.5 Å². The molecule has 0 aliphatic heterocycles. The number of benzene rings is 2. The molecule has 0 radical (unpaired) electrons. The van der Waals surface area contributed by atoms with E-state index in [2.05, 4.69) is 36.4 Å². The zero-order valence-electron chi connectivity index (χ0n) is 15.6. The second-order valence-corrected chi connectivity index (χ2v) is 14.4. The van der Waals surface area contributed by atoms with Crippen LogP contribution >= 0.6 is 17.0 Å². The molecule has 0 aliphatic carbocycles. The van der Waals surface area contributed by atoms with Crippen LogP contribution in [0.3, 0.4) is 0 Å². The molecule has 4 rings (SSSR count). The van der Waals surface area contributed by atoms with E-state index in [0.717, 1.165) is 11.5 Å². The average Bonchev–Trinajstić information content (AvgIpc) is 3.36. The van der Waals surface area contributed by atoms with Gasteiger partial charge < -0.3 is 9.47 Å². The molecule has 4 aromatic carbocycles. The van der Waals surface area contributed by atoms with Crippen molar-refractivity contribution in [3.8, 4) is 11.5 Å². The average molecular weight is 481 g/mol. The van der Waals surface area contributed by atoms with Crippen LogP contribution in [0.1, 0.15) is 6.92 Å². The second-order valence-electron chi connectivity index (χ2n) is 5.62. The van der Waals surface area contributed by atoms with Gasteiger partial charge in [0.2, 0.25) is 0 Å². The van der Waals surface area contributed by atoms with Gasteiger partial charge in [-0.25, -0.2) is 0 Å². The van der Waals surface area contributed by atoms with Gasteiger partial charge >= 0.3 is 46.5 Å². The molecule has 0 saturated heterocycles. The van der Waals surface area contributed by atoms with Crippen LogP contribution in [0, 0.1) is 0 Å². The summed E-state index contributed by atoms with van der Waals surface area (Å²) < 4.78 is 12.1. The fourth-order valence-corrected chi connectivity index (χ4v) is 2.46. The number of methoxy groups -OCH3 is 2. The van der Waals surface area contributed by atoms with E-state index in [4.69, 9.17) is 26.5 Å². The zero-order valence-corrected chi connectivity index (χ0v) is 19.5. The molecule has 0 spiro atoms. The van der Waals surface area contributed by atoms with Gasteiger partial charge in [-0.3, -0.25) is 0 Å². The summed E-state index contributed by atoms with van der Waals surface area (Å²) in [5, 5.41) is 5.02. The van der Waals surface area contributed by atoms with E-state index >= 15 is 0 Å². The molecule has 0 aliphatic rings. The van der Waals surface area contributed by atoms with Crippen LogP contribution in [0.5, 0.6) is 11.5 Å². The van der Waals surface area contributed by atoms with Gasteiger partial charge in [-0.05, 0) is 0 Å². The summed E-state index contributed by atoms with van der Waals surface area (Å²) >= 11 is -1.76. The Morgan fingerprint density at radius 1 is 0.778 bits per heavy atom. The van der Waals surface area contributed by atoms with Crippen LogP contribution < -0.4 is 9.47 Å². The van der Waals surface area contributed by atoms with E-state index in [0.29, 0.717) is 0 Å². The summed E-state index contributed by atoms with van der Waals surface area (Å²) in [6.07, 6.45) is 0. The minimum atomic E-state index is -1.76. The molecule has 0 amide bonds. The molecule has 2 nitrogen and oxygen atoms in total. The molecule has 4 aromatic rings. The quantitative estimate of drug-likeness (QED) is 0.292. The van der Waals surface area contributed by atoms with Gasteiger partial charge in [0.25, 0.3) is 0 Å². The Morgan fingerprint density at radius 2 is 1.19 bits per heavy atom. The summed E-state index contributed by atoms with van der Waals surface area (Å²) in [5.41, 5.74) is 0. The summed E-state index contributed by atoms with van der Waals surface area (Å²) in [6, 6.07) is 24.6. The number of hydrogen-bond acceptors (Lipinski definition) is 2. The van der Waals surface area contributed by atoms with Crippen molar-refractivity contribution in [2.75, 3.05) is 14.2 Å². The van der Waals surface area contributed by atoms with Crippen molar-refractivity contribution in [3.05, 3.63) is 72.8 Å². The van der Waals surface area contributed by atoms with Crippen molar-refractivity contribution < 1.29 is 28.4 Å². The number of hydrogen-bond donors (Lipinski definition) is 0. The first kappa shape index (κ1) is 21.9. The molecular weight excluding hydrogens is 458 g/mol. The first-order valence-corrected chi connectivity index (χ1v) is 16.2. The van der Waals surface area contributed by atoms with Crippen molar-refractivity contribution in [2.24, 2.45) is 0 Å². The van der Waals surface area contributed by atoms with Crippen LogP contribution in [0.2, 0.25) is 0 Å². The molecule has 0 unspecified atom stereocenters. The van der Waals surface area contributed by atoms with Crippen molar-refractivity contribution in [2.45, 2.75) is 6.92 Å².